The maximum atomic E-state index is 7.10. The lowest BCUT2D eigenvalue weighted by Gasteiger charge is -2.36. The van der Waals surface area contributed by atoms with Crippen LogP contribution in [0, 0.1) is 0 Å². The van der Waals surface area contributed by atoms with Crippen molar-refractivity contribution in [2.24, 2.45) is 0 Å². The second-order valence-electron chi connectivity index (χ2n) is 26.3. The molecule has 2 spiro atoms. The number of rotatable bonds is 2. The molecule has 0 fully saturated rings. The molecule has 0 N–H and O–H groups in total. The van der Waals surface area contributed by atoms with Crippen molar-refractivity contribution in [3.8, 4) is 67.8 Å². The Morgan fingerprint density at radius 1 is 0.273 bits per heavy atom. The zero-order valence-corrected chi connectivity index (χ0v) is 56.2. The van der Waals surface area contributed by atoms with Gasteiger partial charge in [-0.05, 0) is 182 Å². The van der Waals surface area contributed by atoms with Crippen molar-refractivity contribution in [1.82, 2.24) is 9.13 Å². The fourth-order valence-corrected chi connectivity index (χ4v) is 18.1. The molecule has 4 aromatic heterocycles. The van der Waals surface area contributed by atoms with E-state index in [1.807, 2.05) is 30.3 Å². The third kappa shape index (κ3) is 7.92. The number of nitrogens with zero attached hydrogens (tertiary/aromatic N) is 2. The van der Waals surface area contributed by atoms with E-state index in [2.05, 4.69) is 326 Å². The number of furan rings is 2. The van der Waals surface area contributed by atoms with E-state index in [1.165, 1.54) is 110 Å². The predicted octanol–water partition coefficient (Wildman–Crippen LogP) is 24.8. The first kappa shape index (κ1) is 56.5. The molecule has 466 valence electrons. The molecule has 0 bridgehead atoms. The molecule has 99 heavy (non-hydrogen) atoms. The normalized spacial score (nSPS) is 13.8. The monoisotopic (exact) mass is 1400 g/mol. The standard InChI is InChI=1S/C51H30N2O2.C27H14Br2O2.C13H10/c1-7-19-43-35(13-1)36-14-2-8-20-44(36)52(43)31-25-27-33-34-28-26-32(53-45-21-9-3-15-37(45)38-16-4-10-22-46(38)53)30-42(34)51(41(33)29-31)40-18-6-12-24-48(40)54-49-39-17-5-11-23-47(39)55-50(49)51;28-15-9-11-17-18-12-10-16(29)14-22(18)27(21(17)13-15)20-6-2-4-8-24(20)30-25-19-5-1-3-7-23(19)31-26(25)27;1-3-7-12-10(5-1)9-11-6-2-4-8-13(11)12/h1-30H;1-14H;1-8H,9H2. The zero-order chi connectivity index (χ0) is 65.2. The highest BCUT2D eigenvalue weighted by molar-refractivity contribution is 9.10. The van der Waals surface area contributed by atoms with Gasteiger partial charge in [-0.15, -0.1) is 0 Å². The summed E-state index contributed by atoms with van der Waals surface area (Å²) in [5.41, 5.74) is 24.7. The van der Waals surface area contributed by atoms with Gasteiger partial charge in [-0.1, -0.05) is 238 Å². The van der Waals surface area contributed by atoms with Crippen molar-refractivity contribution in [2.75, 3.05) is 0 Å². The summed E-state index contributed by atoms with van der Waals surface area (Å²) in [5.74, 6) is 4.92. The number of para-hydroxylation sites is 8. The van der Waals surface area contributed by atoms with Gasteiger partial charge in [-0.25, -0.2) is 0 Å². The van der Waals surface area contributed by atoms with Gasteiger partial charge in [0.05, 0.1) is 32.8 Å². The van der Waals surface area contributed by atoms with E-state index in [4.69, 9.17) is 18.3 Å². The summed E-state index contributed by atoms with van der Waals surface area (Å²) in [6.45, 7) is 0. The Kier molecular flexibility index (Phi) is 12.2. The summed E-state index contributed by atoms with van der Waals surface area (Å²) in [4.78, 5) is 0. The lowest BCUT2D eigenvalue weighted by Crippen LogP contribution is -2.31. The molecule has 18 aromatic rings. The number of hydrogen-bond acceptors (Lipinski definition) is 4. The van der Waals surface area contributed by atoms with Crippen molar-refractivity contribution in [2.45, 2.75) is 17.3 Å². The molecule has 23 rings (SSSR count). The molecule has 0 saturated carbocycles. The second-order valence-corrected chi connectivity index (χ2v) is 28.1. The summed E-state index contributed by atoms with van der Waals surface area (Å²) in [5, 5.41) is 6.92. The van der Waals surface area contributed by atoms with Crippen molar-refractivity contribution in [3.63, 3.8) is 0 Å². The smallest absolute Gasteiger partial charge is 0.178 e. The molecule has 6 nitrogen and oxygen atoms in total. The first-order valence-corrected chi connectivity index (χ1v) is 35.1. The topological polar surface area (TPSA) is 54.6 Å². The summed E-state index contributed by atoms with van der Waals surface area (Å²) < 4.78 is 34.0. The van der Waals surface area contributed by atoms with Crippen molar-refractivity contribution in [1.29, 1.82) is 0 Å². The van der Waals surface area contributed by atoms with Crippen LogP contribution in [0.5, 0.6) is 23.0 Å². The first-order chi connectivity index (χ1) is 48.9. The Labute approximate surface area is 586 Å². The number of ether oxygens (including phenoxy) is 2. The maximum Gasteiger partial charge on any atom is 0.178 e. The van der Waals surface area contributed by atoms with Crippen LogP contribution in [0.2, 0.25) is 0 Å². The van der Waals surface area contributed by atoms with Gasteiger partial charge >= 0.3 is 0 Å². The van der Waals surface area contributed by atoms with Crippen LogP contribution < -0.4 is 9.47 Å². The van der Waals surface area contributed by atoms with Crippen LogP contribution in [0.15, 0.2) is 333 Å². The average Bonchev–Trinajstić information content (AvgIpc) is 1.52. The molecular weight excluding hydrogens is 1340 g/mol. The fourth-order valence-electron chi connectivity index (χ4n) is 17.3. The zero-order valence-electron chi connectivity index (χ0n) is 53.0. The molecule has 0 atom stereocenters. The van der Waals surface area contributed by atoms with E-state index in [0.29, 0.717) is 0 Å². The van der Waals surface area contributed by atoms with Gasteiger partial charge in [0.25, 0.3) is 0 Å². The van der Waals surface area contributed by atoms with E-state index >= 15 is 0 Å². The van der Waals surface area contributed by atoms with E-state index in [-0.39, 0.29) is 0 Å². The quantitative estimate of drug-likeness (QED) is 0.173. The summed E-state index contributed by atoms with van der Waals surface area (Å²) in [6, 6.07) is 112. The van der Waals surface area contributed by atoms with Crippen LogP contribution in [0.1, 0.15) is 56.0 Å². The van der Waals surface area contributed by atoms with Crippen LogP contribution in [0.25, 0.3) is 110 Å². The van der Waals surface area contributed by atoms with Crippen LogP contribution in [-0.2, 0) is 17.3 Å². The highest BCUT2D eigenvalue weighted by Gasteiger charge is 2.56. The fraction of sp³-hybridized carbons (Fsp3) is 0.0330. The summed E-state index contributed by atoms with van der Waals surface area (Å²) in [7, 11) is 0. The maximum absolute atomic E-state index is 7.10. The minimum atomic E-state index is -0.808. The van der Waals surface area contributed by atoms with Crippen LogP contribution in [0.3, 0.4) is 0 Å². The number of hydrogen-bond donors (Lipinski definition) is 0. The molecule has 0 saturated heterocycles. The third-order valence-corrected chi connectivity index (χ3v) is 22.3. The minimum Gasteiger partial charge on any atom is -0.455 e. The number of aromatic nitrogens is 2. The second kappa shape index (κ2) is 21.4. The van der Waals surface area contributed by atoms with Gasteiger partial charge in [0.15, 0.2) is 23.0 Å². The molecule has 0 unspecified atom stereocenters. The molecule has 3 aliphatic carbocycles. The van der Waals surface area contributed by atoms with Gasteiger partial charge in [0.2, 0.25) is 0 Å². The van der Waals surface area contributed by atoms with E-state index in [9.17, 15) is 0 Å². The highest BCUT2D eigenvalue weighted by atomic mass is 79.9. The van der Waals surface area contributed by atoms with Crippen LogP contribution in [0.4, 0.5) is 0 Å². The summed E-state index contributed by atoms with van der Waals surface area (Å²) in [6.07, 6.45) is 1.10. The Bertz CT molecular complexity index is 6110. The van der Waals surface area contributed by atoms with Crippen molar-refractivity contribution < 1.29 is 18.3 Å². The van der Waals surface area contributed by atoms with Gasteiger partial charge in [0, 0.05) is 53.0 Å². The largest absolute Gasteiger partial charge is 0.455 e. The molecule has 14 aromatic carbocycles. The Hall–Kier alpha value is -11.7. The van der Waals surface area contributed by atoms with Gasteiger partial charge in [-0.2, -0.15) is 0 Å². The minimum absolute atomic E-state index is 0.596. The highest BCUT2D eigenvalue weighted by Crippen LogP contribution is 2.66. The Balaban J connectivity index is 0.000000121. The Morgan fingerprint density at radius 3 is 1.01 bits per heavy atom. The molecule has 5 aliphatic rings. The average molecular weight is 1400 g/mol. The van der Waals surface area contributed by atoms with Crippen molar-refractivity contribution >= 4 is 97.4 Å². The summed E-state index contributed by atoms with van der Waals surface area (Å²) >= 11 is 7.44. The molecule has 2 aliphatic heterocycles. The lowest BCUT2D eigenvalue weighted by atomic mass is 9.69. The number of benzene rings is 14. The molecule has 0 amide bonds. The molecule has 0 radical (unpaired) electrons. The lowest BCUT2D eigenvalue weighted by molar-refractivity contribution is 0.389. The Morgan fingerprint density at radius 2 is 0.596 bits per heavy atom. The first-order valence-electron chi connectivity index (χ1n) is 33.5. The number of fused-ring (bicyclic) bond motifs is 31. The third-order valence-electron chi connectivity index (χ3n) is 21.3. The van der Waals surface area contributed by atoms with Gasteiger partial charge < -0.3 is 27.4 Å². The van der Waals surface area contributed by atoms with Crippen molar-refractivity contribution in [3.05, 3.63) is 380 Å². The molecule has 8 heteroatoms. The predicted molar refractivity (Wildman–Crippen MR) is 406 cm³/mol. The van der Waals surface area contributed by atoms with E-state index < -0.39 is 10.8 Å². The van der Waals surface area contributed by atoms with E-state index in [1.54, 1.807) is 0 Å². The molecule has 6 heterocycles. The number of halogens is 2. The van der Waals surface area contributed by atoms with Gasteiger partial charge in [0.1, 0.15) is 33.5 Å². The molecular formula is C91H54Br2N2O4. The van der Waals surface area contributed by atoms with Gasteiger partial charge in [-0.3, -0.25) is 0 Å². The SMILES string of the molecule is Brc1ccc2c(c1)C1(c3ccccc3Oc3c1oc1ccccc31)c1cc(Br)ccc1-2.c1ccc2c(c1)Cc1ccccc1-2.c1ccc2c(c1)Oc1c(oc3ccccc13)C21c2cc(-n3c4ccccc4c4ccccc43)ccc2-c2ccc(-n3c4ccccc4c4ccccc43)cc21. The van der Waals surface area contributed by atoms with Crippen LogP contribution in [-0.4, -0.2) is 9.13 Å². The van der Waals surface area contributed by atoms with E-state index in [0.717, 1.165) is 94.3 Å². The van der Waals surface area contributed by atoms with Crippen LogP contribution >= 0.6 is 31.9 Å².